The maximum Gasteiger partial charge on any atom is 0.333 e. The number of ether oxygens (including phenoxy) is 3. The second kappa shape index (κ2) is 16.7. The molecule has 192 valence electrons. The van der Waals surface area contributed by atoms with Crippen molar-refractivity contribution in [1.82, 2.24) is 5.32 Å². The molecule has 0 aliphatic rings. The summed E-state index contributed by atoms with van der Waals surface area (Å²) in [5.74, 6) is -1.01. The van der Waals surface area contributed by atoms with Gasteiger partial charge in [0.15, 0.2) is 11.5 Å². The number of hydrogen-bond donors (Lipinski definition) is 1. The Morgan fingerprint density at radius 3 is 2.57 bits per heavy atom. The number of esters is 2. The van der Waals surface area contributed by atoms with Gasteiger partial charge in [-0.25, -0.2) is 9.59 Å². The van der Waals surface area contributed by atoms with Crippen molar-refractivity contribution in [3.05, 3.63) is 52.1 Å². The Morgan fingerprint density at radius 1 is 1.14 bits per heavy atom. The lowest BCUT2D eigenvalue weighted by Crippen LogP contribution is -2.40. The topological polar surface area (TPSA) is 143 Å². The molecule has 1 unspecified atom stereocenters. The van der Waals surface area contributed by atoms with Crippen molar-refractivity contribution in [2.24, 2.45) is 0 Å². The molecule has 1 atom stereocenters. The van der Waals surface area contributed by atoms with Gasteiger partial charge in [-0.3, -0.25) is 4.79 Å². The van der Waals surface area contributed by atoms with Gasteiger partial charge in [-0.05, 0) is 63.3 Å². The van der Waals surface area contributed by atoms with Crippen LogP contribution >= 0.6 is 0 Å². The Kier molecular flexibility index (Phi) is 13.9. The zero-order chi connectivity index (χ0) is 26.1. The Labute approximate surface area is 204 Å². The van der Waals surface area contributed by atoms with Crippen LogP contribution in [0.15, 0.2) is 36.4 Å². The minimum Gasteiger partial charge on any atom is -0.493 e. The van der Waals surface area contributed by atoms with E-state index in [0.717, 1.165) is 6.42 Å². The van der Waals surface area contributed by atoms with Crippen LogP contribution in [0.25, 0.3) is 6.08 Å². The van der Waals surface area contributed by atoms with Crippen molar-refractivity contribution in [3.8, 4) is 11.5 Å². The predicted octanol–water partition coefficient (Wildman–Crippen LogP) is 3.40. The Balaban J connectivity index is 2.54. The largest absolute Gasteiger partial charge is 0.493 e. The average molecular weight is 493 g/mol. The molecule has 0 heterocycles. The van der Waals surface area contributed by atoms with Crippen molar-refractivity contribution in [1.29, 1.82) is 0 Å². The number of methoxy groups -OCH3 is 1. The molecule has 0 aromatic heterocycles. The lowest BCUT2D eigenvalue weighted by molar-refractivity contribution is -0.757. The van der Waals surface area contributed by atoms with Crippen LogP contribution in [0.5, 0.6) is 11.5 Å². The minimum atomic E-state index is -0.873. The zero-order valence-corrected chi connectivity index (χ0v) is 20.2. The van der Waals surface area contributed by atoms with E-state index in [0.29, 0.717) is 31.2 Å². The van der Waals surface area contributed by atoms with Gasteiger partial charge < -0.3 is 24.4 Å². The van der Waals surface area contributed by atoms with Gasteiger partial charge in [-0.15, -0.1) is 10.1 Å². The van der Waals surface area contributed by atoms with Crippen molar-refractivity contribution in [2.75, 3.05) is 20.3 Å². The molecule has 0 aliphatic carbocycles. The summed E-state index contributed by atoms with van der Waals surface area (Å²) >= 11 is 0. The fourth-order valence-corrected chi connectivity index (χ4v) is 2.72. The van der Waals surface area contributed by atoms with E-state index in [9.17, 15) is 24.5 Å². The summed E-state index contributed by atoms with van der Waals surface area (Å²) in [5, 5.41) is 11.8. The molecular weight excluding hydrogens is 460 g/mol. The molecule has 0 bridgehead atoms. The summed E-state index contributed by atoms with van der Waals surface area (Å²) in [6, 6.07) is 3.87. The van der Waals surface area contributed by atoms with Gasteiger partial charge in [0.2, 0.25) is 5.91 Å². The fourth-order valence-electron chi connectivity index (χ4n) is 2.72. The number of nitrogens with zero attached hydrogens (tertiary/aromatic N) is 1. The van der Waals surface area contributed by atoms with Gasteiger partial charge in [0, 0.05) is 12.5 Å². The molecule has 1 amide bonds. The number of rotatable bonds is 16. The number of benzene rings is 1. The fraction of sp³-hybridized carbons (Fsp3) is 0.458. The van der Waals surface area contributed by atoms with Crippen LogP contribution in [-0.4, -0.2) is 49.3 Å². The standard InChI is InChI=1S/C24H32N2O9/c1-4-5-6-7-10-22(27)25-18(2)24(29)35-20-13-11-19(17-21(20)32-3)12-14-23(28)33-15-8-9-16-34-26(30)31/h4-5,11-14,17-18H,6-10,15-16H2,1-3H3,(H,25,27)/b5-4-,14-12+. The Hall–Kier alpha value is -3.89. The lowest BCUT2D eigenvalue weighted by atomic mass is 10.2. The molecule has 35 heavy (non-hydrogen) atoms. The van der Waals surface area contributed by atoms with Crippen LogP contribution in [0.3, 0.4) is 0 Å². The summed E-state index contributed by atoms with van der Waals surface area (Å²) < 4.78 is 15.6. The normalized spacial score (nSPS) is 11.7. The SMILES string of the molecule is C/C=C\CCCC(=O)NC(C)C(=O)Oc1ccc(/C=C/C(=O)OCCCCO[N+](=O)[O-])cc1OC. The summed E-state index contributed by atoms with van der Waals surface area (Å²) in [5.41, 5.74) is 0.598. The first-order chi connectivity index (χ1) is 16.8. The molecule has 0 saturated heterocycles. The van der Waals surface area contributed by atoms with Gasteiger partial charge in [0.25, 0.3) is 5.09 Å². The molecule has 0 radical (unpaired) electrons. The molecule has 1 rings (SSSR count). The maximum absolute atomic E-state index is 12.4. The van der Waals surface area contributed by atoms with E-state index in [1.54, 1.807) is 12.1 Å². The van der Waals surface area contributed by atoms with Crippen LogP contribution in [-0.2, 0) is 24.0 Å². The average Bonchev–Trinajstić information content (AvgIpc) is 2.83. The number of unbranched alkanes of at least 4 members (excludes halogenated alkanes) is 2. The van der Waals surface area contributed by atoms with E-state index in [2.05, 4.69) is 10.2 Å². The molecule has 11 heteroatoms. The second-order valence-corrected chi connectivity index (χ2v) is 7.35. The quantitative estimate of drug-likeness (QED) is 0.0698. The van der Waals surface area contributed by atoms with Gasteiger partial charge >= 0.3 is 11.9 Å². The van der Waals surface area contributed by atoms with Crippen molar-refractivity contribution in [3.63, 3.8) is 0 Å². The van der Waals surface area contributed by atoms with Crippen LogP contribution in [0, 0.1) is 10.1 Å². The highest BCUT2D eigenvalue weighted by atomic mass is 16.9. The number of carbonyl (C=O) groups is 3. The Bertz CT molecular complexity index is 912. The second-order valence-electron chi connectivity index (χ2n) is 7.35. The van der Waals surface area contributed by atoms with Crippen LogP contribution in [0.4, 0.5) is 0 Å². The van der Waals surface area contributed by atoms with E-state index in [1.165, 1.54) is 32.3 Å². The summed E-state index contributed by atoms with van der Waals surface area (Å²) in [6.07, 6.45) is 9.22. The van der Waals surface area contributed by atoms with Crippen LogP contribution in [0.2, 0.25) is 0 Å². The summed E-state index contributed by atoms with van der Waals surface area (Å²) in [4.78, 5) is 50.3. The van der Waals surface area contributed by atoms with Gasteiger partial charge in [-0.2, -0.15) is 0 Å². The molecule has 1 aromatic rings. The lowest BCUT2D eigenvalue weighted by Gasteiger charge is -2.15. The van der Waals surface area contributed by atoms with Crippen LogP contribution in [0.1, 0.15) is 51.5 Å². The first-order valence-corrected chi connectivity index (χ1v) is 11.2. The number of nitrogens with one attached hydrogen (secondary N) is 1. The van der Waals surface area contributed by atoms with E-state index in [4.69, 9.17) is 14.2 Å². The van der Waals surface area contributed by atoms with E-state index >= 15 is 0 Å². The molecule has 1 N–H and O–H groups in total. The highest BCUT2D eigenvalue weighted by Crippen LogP contribution is 2.29. The third kappa shape index (κ3) is 12.8. The third-order valence-electron chi connectivity index (χ3n) is 4.53. The van der Waals surface area contributed by atoms with Crippen molar-refractivity contribution >= 4 is 23.9 Å². The van der Waals surface area contributed by atoms with Gasteiger partial charge in [0.05, 0.1) is 20.3 Å². The van der Waals surface area contributed by atoms with Gasteiger partial charge in [0.1, 0.15) is 6.04 Å². The number of amides is 1. The molecular formula is C24H32N2O9. The zero-order valence-electron chi connectivity index (χ0n) is 20.2. The number of hydrogen-bond acceptors (Lipinski definition) is 9. The molecule has 11 nitrogen and oxygen atoms in total. The number of carbonyl (C=O) groups excluding carboxylic acids is 3. The van der Waals surface area contributed by atoms with E-state index in [-0.39, 0.29) is 30.6 Å². The Morgan fingerprint density at radius 2 is 1.89 bits per heavy atom. The maximum atomic E-state index is 12.4. The molecule has 0 fully saturated rings. The van der Waals surface area contributed by atoms with E-state index in [1.807, 2.05) is 19.1 Å². The third-order valence-corrected chi connectivity index (χ3v) is 4.53. The summed E-state index contributed by atoms with van der Waals surface area (Å²) in [7, 11) is 1.41. The smallest absolute Gasteiger partial charge is 0.333 e. The summed E-state index contributed by atoms with van der Waals surface area (Å²) in [6.45, 7) is 3.50. The highest BCUT2D eigenvalue weighted by Gasteiger charge is 2.19. The van der Waals surface area contributed by atoms with Gasteiger partial charge in [-0.1, -0.05) is 18.2 Å². The first-order valence-electron chi connectivity index (χ1n) is 11.2. The van der Waals surface area contributed by atoms with Crippen molar-refractivity contribution in [2.45, 2.75) is 52.0 Å². The van der Waals surface area contributed by atoms with E-state index < -0.39 is 23.1 Å². The number of allylic oxidation sites excluding steroid dienone is 2. The molecule has 0 aliphatic heterocycles. The molecule has 1 aromatic carbocycles. The molecule has 0 saturated carbocycles. The van der Waals surface area contributed by atoms with Crippen molar-refractivity contribution < 1.29 is 38.5 Å². The minimum absolute atomic E-state index is 0.0564. The predicted molar refractivity (Wildman–Crippen MR) is 127 cm³/mol. The first kappa shape index (κ1) is 29.1. The molecule has 0 spiro atoms. The van der Waals surface area contributed by atoms with Crippen LogP contribution < -0.4 is 14.8 Å². The monoisotopic (exact) mass is 492 g/mol. The highest BCUT2D eigenvalue weighted by molar-refractivity contribution is 5.87.